The summed E-state index contributed by atoms with van der Waals surface area (Å²) in [5.74, 6) is 1.87. The Morgan fingerprint density at radius 1 is 1.33 bits per heavy atom. The van der Waals surface area contributed by atoms with Crippen molar-refractivity contribution in [2.75, 3.05) is 5.73 Å². The number of aromatic amines is 1. The molecule has 0 saturated heterocycles. The van der Waals surface area contributed by atoms with E-state index in [2.05, 4.69) is 53.5 Å². The van der Waals surface area contributed by atoms with E-state index in [4.69, 9.17) is 10.5 Å². The first-order valence-electron chi connectivity index (χ1n) is 10.7. The zero-order valence-electron chi connectivity index (χ0n) is 18.4. The number of nitrogen functional groups attached to an aromatic ring is 1. The average Bonchev–Trinajstić information content (AvgIpc) is 2.95. The van der Waals surface area contributed by atoms with Gasteiger partial charge in [0.25, 0.3) is 0 Å². The molecule has 1 fully saturated rings. The molecule has 0 amide bonds. The Labute approximate surface area is 165 Å². The minimum Gasteiger partial charge on any atom is -0.458 e. The summed E-state index contributed by atoms with van der Waals surface area (Å²) in [6.45, 7) is 15.5. The maximum Gasteiger partial charge on any atom is 0.342 e. The van der Waals surface area contributed by atoms with Crippen LogP contribution in [0.4, 0.5) is 5.82 Å². The average molecular weight is 377 g/mol. The summed E-state index contributed by atoms with van der Waals surface area (Å²) < 4.78 is 6.27. The Hall–Kier alpha value is -1.45. The molecule has 4 nitrogen and oxygen atoms in total. The van der Waals surface area contributed by atoms with E-state index in [0.29, 0.717) is 29.1 Å². The highest BCUT2D eigenvalue weighted by Crippen LogP contribution is 2.46. The number of ether oxygens (including phenoxy) is 1. The van der Waals surface area contributed by atoms with Crippen molar-refractivity contribution in [3.63, 3.8) is 0 Å². The number of carbonyl (C=O) groups is 1. The van der Waals surface area contributed by atoms with E-state index in [1.807, 2.05) is 6.20 Å². The van der Waals surface area contributed by atoms with Gasteiger partial charge in [0.15, 0.2) is 0 Å². The van der Waals surface area contributed by atoms with E-state index in [-0.39, 0.29) is 23.4 Å². The molecule has 1 heterocycles. The zero-order chi connectivity index (χ0) is 20.4. The second kappa shape index (κ2) is 8.70. The second-order valence-corrected chi connectivity index (χ2v) is 10.0. The number of aromatic nitrogens is 1. The van der Waals surface area contributed by atoms with Crippen LogP contribution in [0.2, 0.25) is 0 Å². The van der Waals surface area contributed by atoms with Crippen LogP contribution in [-0.4, -0.2) is 17.1 Å². The van der Waals surface area contributed by atoms with Crippen LogP contribution in [0.5, 0.6) is 0 Å². The van der Waals surface area contributed by atoms with E-state index in [1.54, 1.807) is 0 Å². The molecule has 1 aromatic rings. The van der Waals surface area contributed by atoms with Gasteiger partial charge in [-0.3, -0.25) is 0 Å². The van der Waals surface area contributed by atoms with E-state index >= 15 is 0 Å². The molecule has 3 N–H and O–H groups in total. The van der Waals surface area contributed by atoms with Crippen molar-refractivity contribution in [1.29, 1.82) is 0 Å². The Morgan fingerprint density at radius 3 is 2.56 bits per heavy atom. The number of anilines is 1. The Balaban J connectivity index is 2.32. The van der Waals surface area contributed by atoms with Gasteiger partial charge in [-0.25, -0.2) is 4.79 Å². The molecule has 0 aliphatic heterocycles. The van der Waals surface area contributed by atoms with Gasteiger partial charge in [-0.1, -0.05) is 61.3 Å². The molecular formula is C23H40N2O2. The van der Waals surface area contributed by atoms with Crippen molar-refractivity contribution in [2.24, 2.45) is 23.2 Å². The highest BCUT2D eigenvalue weighted by atomic mass is 16.5. The number of H-pyrrole nitrogens is 1. The molecule has 4 unspecified atom stereocenters. The Kier molecular flexibility index (Phi) is 7.04. The minimum atomic E-state index is -0.257. The van der Waals surface area contributed by atoms with Gasteiger partial charge < -0.3 is 15.5 Å². The van der Waals surface area contributed by atoms with Crippen LogP contribution in [0.3, 0.4) is 0 Å². The number of rotatable bonds is 6. The first kappa shape index (κ1) is 21.8. The minimum absolute atomic E-state index is 0.0328. The maximum atomic E-state index is 13.2. The summed E-state index contributed by atoms with van der Waals surface area (Å²) in [4.78, 5) is 16.2. The number of hydrogen-bond acceptors (Lipinski definition) is 3. The van der Waals surface area contributed by atoms with Gasteiger partial charge in [-0.15, -0.1) is 0 Å². The van der Waals surface area contributed by atoms with E-state index < -0.39 is 0 Å². The largest absolute Gasteiger partial charge is 0.458 e. The molecule has 1 aliphatic carbocycles. The first-order chi connectivity index (χ1) is 12.6. The zero-order valence-corrected chi connectivity index (χ0v) is 18.4. The standard InChI is InChI=1S/C23H40N2O2/c1-8-9-10-16-11-15(4)12-18(23(5,6)7)20(16)27-22(26)19-17(14(2)3)13-25-21(19)24/h13-16,18,20,25H,8-12,24H2,1-7H3. The fourth-order valence-corrected chi connectivity index (χ4v) is 4.74. The third-order valence-electron chi connectivity index (χ3n) is 6.27. The van der Waals surface area contributed by atoms with Gasteiger partial charge in [0.1, 0.15) is 17.5 Å². The van der Waals surface area contributed by atoms with Crippen LogP contribution in [-0.2, 0) is 4.74 Å². The molecule has 1 saturated carbocycles. The maximum absolute atomic E-state index is 13.2. The predicted octanol–water partition coefficient (Wildman–Crippen LogP) is 6.14. The van der Waals surface area contributed by atoms with Crippen LogP contribution in [0.1, 0.15) is 102 Å². The number of esters is 1. The van der Waals surface area contributed by atoms with E-state index in [1.165, 1.54) is 12.8 Å². The summed E-state index contributed by atoms with van der Waals surface area (Å²) in [5, 5.41) is 0. The molecular weight excluding hydrogens is 336 g/mol. The molecule has 27 heavy (non-hydrogen) atoms. The Bertz CT molecular complexity index is 627. The van der Waals surface area contributed by atoms with Gasteiger partial charge in [0.05, 0.1) is 0 Å². The van der Waals surface area contributed by atoms with Gasteiger partial charge in [0.2, 0.25) is 0 Å². The van der Waals surface area contributed by atoms with Gasteiger partial charge in [0, 0.05) is 12.1 Å². The molecule has 0 radical (unpaired) electrons. The molecule has 1 aliphatic rings. The Morgan fingerprint density at radius 2 is 2.00 bits per heavy atom. The van der Waals surface area contributed by atoms with Crippen molar-refractivity contribution in [3.8, 4) is 0 Å². The first-order valence-corrected chi connectivity index (χ1v) is 10.7. The molecule has 0 spiro atoms. The van der Waals surface area contributed by atoms with Crippen molar-refractivity contribution in [1.82, 2.24) is 4.98 Å². The van der Waals surface area contributed by atoms with Crippen molar-refractivity contribution in [2.45, 2.75) is 92.6 Å². The van der Waals surface area contributed by atoms with Gasteiger partial charge >= 0.3 is 5.97 Å². The monoisotopic (exact) mass is 376 g/mol. The van der Waals surface area contributed by atoms with E-state index in [9.17, 15) is 4.79 Å². The lowest BCUT2D eigenvalue weighted by Crippen LogP contribution is -2.45. The summed E-state index contributed by atoms with van der Waals surface area (Å²) in [6.07, 6.45) is 7.56. The van der Waals surface area contributed by atoms with Crippen LogP contribution >= 0.6 is 0 Å². The SMILES string of the molecule is CCCCC1CC(C)CC(C(C)(C)C)C1OC(=O)c1c(C(C)C)c[nH]c1N. The summed E-state index contributed by atoms with van der Waals surface area (Å²) in [6, 6.07) is 0. The molecule has 4 heteroatoms. The van der Waals surface area contributed by atoms with Crippen molar-refractivity contribution >= 4 is 11.8 Å². The number of unbranched alkanes of at least 4 members (excludes halogenated alkanes) is 1. The van der Waals surface area contributed by atoms with Crippen LogP contribution in [0.25, 0.3) is 0 Å². The van der Waals surface area contributed by atoms with Gasteiger partial charge in [-0.05, 0) is 48.0 Å². The van der Waals surface area contributed by atoms with Gasteiger partial charge in [-0.2, -0.15) is 0 Å². The number of nitrogens with one attached hydrogen (secondary N) is 1. The number of nitrogens with two attached hydrogens (primary N) is 1. The molecule has 0 bridgehead atoms. The normalized spacial score (nSPS) is 26.4. The highest BCUT2D eigenvalue weighted by Gasteiger charge is 2.44. The third-order valence-corrected chi connectivity index (χ3v) is 6.27. The quantitative estimate of drug-likeness (QED) is 0.586. The smallest absolute Gasteiger partial charge is 0.342 e. The molecule has 4 atom stereocenters. The lowest BCUT2D eigenvalue weighted by atomic mass is 9.63. The van der Waals surface area contributed by atoms with E-state index in [0.717, 1.165) is 24.8 Å². The summed E-state index contributed by atoms with van der Waals surface area (Å²) in [5.41, 5.74) is 7.67. The van der Waals surface area contributed by atoms with Crippen LogP contribution in [0.15, 0.2) is 6.20 Å². The summed E-state index contributed by atoms with van der Waals surface area (Å²) in [7, 11) is 0. The highest BCUT2D eigenvalue weighted by molar-refractivity contribution is 5.96. The number of hydrogen-bond donors (Lipinski definition) is 2. The van der Waals surface area contributed by atoms with Crippen LogP contribution < -0.4 is 5.73 Å². The van der Waals surface area contributed by atoms with Crippen molar-refractivity contribution < 1.29 is 9.53 Å². The molecule has 0 aromatic carbocycles. The molecule has 2 rings (SSSR count). The lowest BCUT2D eigenvalue weighted by molar-refractivity contribution is -0.0671. The van der Waals surface area contributed by atoms with Crippen molar-refractivity contribution in [3.05, 3.63) is 17.3 Å². The predicted molar refractivity (Wildman–Crippen MR) is 113 cm³/mol. The fraction of sp³-hybridized carbons (Fsp3) is 0.783. The third kappa shape index (κ3) is 5.08. The fourth-order valence-electron chi connectivity index (χ4n) is 4.74. The number of carbonyl (C=O) groups excluding carboxylic acids is 1. The lowest BCUT2D eigenvalue weighted by Gasteiger charge is -2.46. The van der Waals surface area contributed by atoms with Crippen LogP contribution in [0, 0.1) is 23.2 Å². The summed E-state index contributed by atoms with van der Waals surface area (Å²) >= 11 is 0. The second-order valence-electron chi connectivity index (χ2n) is 10.0. The molecule has 154 valence electrons. The molecule has 1 aromatic heterocycles. The topological polar surface area (TPSA) is 68.1 Å².